The highest BCUT2D eigenvalue weighted by Gasteiger charge is 2.04. The van der Waals surface area contributed by atoms with Gasteiger partial charge >= 0.3 is 5.97 Å². The van der Waals surface area contributed by atoms with E-state index in [9.17, 15) is 4.79 Å². The third kappa shape index (κ3) is 3.81. The quantitative estimate of drug-likeness (QED) is 0.606. The molecular formula is C17H16O2. The van der Waals surface area contributed by atoms with Crippen LogP contribution in [0.4, 0.5) is 0 Å². The van der Waals surface area contributed by atoms with E-state index < -0.39 is 0 Å². The third-order valence-corrected chi connectivity index (χ3v) is 2.69. The summed E-state index contributed by atoms with van der Waals surface area (Å²) >= 11 is 0. The fourth-order valence-electron chi connectivity index (χ4n) is 1.70. The number of ether oxygens (including phenoxy) is 1. The van der Waals surface area contributed by atoms with Crippen molar-refractivity contribution in [3.05, 3.63) is 71.3 Å². The van der Waals surface area contributed by atoms with Gasteiger partial charge in [0, 0.05) is 0 Å². The minimum Gasteiger partial charge on any atom is -0.462 e. The van der Waals surface area contributed by atoms with Gasteiger partial charge in [-0.15, -0.1) is 0 Å². The summed E-state index contributed by atoms with van der Waals surface area (Å²) in [6, 6.07) is 17.5. The summed E-state index contributed by atoms with van der Waals surface area (Å²) in [6.07, 6.45) is 4.06. The molecule has 0 radical (unpaired) electrons. The van der Waals surface area contributed by atoms with Gasteiger partial charge in [-0.3, -0.25) is 0 Å². The molecule has 0 aliphatic heterocycles. The summed E-state index contributed by atoms with van der Waals surface area (Å²) in [6.45, 7) is 2.20. The monoisotopic (exact) mass is 252 g/mol. The number of carbonyl (C=O) groups excluding carboxylic acids is 1. The van der Waals surface area contributed by atoms with Crippen LogP contribution in [0.15, 0.2) is 54.6 Å². The van der Waals surface area contributed by atoms with E-state index in [0.29, 0.717) is 12.2 Å². The van der Waals surface area contributed by atoms with Crippen molar-refractivity contribution in [2.75, 3.05) is 6.61 Å². The molecular weight excluding hydrogens is 236 g/mol. The van der Waals surface area contributed by atoms with Crippen LogP contribution < -0.4 is 0 Å². The van der Waals surface area contributed by atoms with Gasteiger partial charge in [0.25, 0.3) is 0 Å². The predicted molar refractivity (Wildman–Crippen MR) is 77.8 cm³/mol. The lowest BCUT2D eigenvalue weighted by Crippen LogP contribution is -2.03. The maximum absolute atomic E-state index is 11.5. The second-order valence-corrected chi connectivity index (χ2v) is 4.09. The molecule has 2 heteroatoms. The van der Waals surface area contributed by atoms with Gasteiger partial charge in [0.1, 0.15) is 0 Å². The molecule has 0 heterocycles. The van der Waals surface area contributed by atoms with E-state index >= 15 is 0 Å². The fourth-order valence-corrected chi connectivity index (χ4v) is 1.70. The number of hydrogen-bond acceptors (Lipinski definition) is 2. The highest BCUT2D eigenvalue weighted by Crippen LogP contribution is 2.10. The second kappa shape index (κ2) is 6.55. The molecule has 0 saturated heterocycles. The van der Waals surface area contributed by atoms with Crippen molar-refractivity contribution >= 4 is 18.1 Å². The summed E-state index contributed by atoms with van der Waals surface area (Å²) in [7, 11) is 0. The van der Waals surface area contributed by atoms with E-state index in [4.69, 9.17) is 4.74 Å². The first-order chi connectivity index (χ1) is 9.29. The van der Waals surface area contributed by atoms with Gasteiger partial charge in [-0.25, -0.2) is 4.79 Å². The Hall–Kier alpha value is -2.35. The maximum Gasteiger partial charge on any atom is 0.338 e. The number of hydrogen-bond donors (Lipinski definition) is 0. The molecule has 2 aromatic carbocycles. The molecule has 0 saturated carbocycles. The van der Waals surface area contributed by atoms with Crippen molar-refractivity contribution in [3.8, 4) is 0 Å². The van der Waals surface area contributed by atoms with Gasteiger partial charge in [0.05, 0.1) is 12.2 Å². The molecule has 2 aromatic rings. The van der Waals surface area contributed by atoms with Crippen molar-refractivity contribution in [2.45, 2.75) is 6.92 Å². The van der Waals surface area contributed by atoms with Gasteiger partial charge in [-0.1, -0.05) is 54.6 Å². The lowest BCUT2D eigenvalue weighted by molar-refractivity contribution is 0.0526. The molecule has 0 aromatic heterocycles. The first-order valence-electron chi connectivity index (χ1n) is 6.30. The highest BCUT2D eigenvalue weighted by atomic mass is 16.5. The molecule has 0 atom stereocenters. The Balaban J connectivity index is 2.07. The molecule has 0 aliphatic rings. The normalized spacial score (nSPS) is 10.6. The average Bonchev–Trinajstić information content (AvgIpc) is 2.47. The first kappa shape index (κ1) is 13.1. The zero-order chi connectivity index (χ0) is 13.5. The molecule has 96 valence electrons. The third-order valence-electron chi connectivity index (χ3n) is 2.69. The van der Waals surface area contributed by atoms with Gasteiger partial charge in [-0.05, 0) is 30.2 Å². The molecule has 2 rings (SSSR count). The molecule has 0 amide bonds. The van der Waals surface area contributed by atoms with E-state index in [1.165, 1.54) is 0 Å². The number of rotatable bonds is 4. The molecule has 0 aliphatic carbocycles. The van der Waals surface area contributed by atoms with Crippen molar-refractivity contribution in [1.82, 2.24) is 0 Å². The van der Waals surface area contributed by atoms with Crippen molar-refractivity contribution < 1.29 is 9.53 Å². The summed E-state index contributed by atoms with van der Waals surface area (Å²) in [5.74, 6) is -0.277. The van der Waals surface area contributed by atoms with Crippen LogP contribution in [0.25, 0.3) is 12.2 Å². The van der Waals surface area contributed by atoms with Gasteiger partial charge in [0.2, 0.25) is 0 Å². The largest absolute Gasteiger partial charge is 0.462 e. The molecule has 0 fully saturated rings. The van der Waals surface area contributed by atoms with Crippen molar-refractivity contribution in [3.63, 3.8) is 0 Å². The van der Waals surface area contributed by atoms with Gasteiger partial charge in [-0.2, -0.15) is 0 Å². The van der Waals surface area contributed by atoms with E-state index in [1.807, 2.05) is 54.6 Å². The Morgan fingerprint density at radius 2 is 1.53 bits per heavy atom. The first-order valence-corrected chi connectivity index (χ1v) is 6.30. The lowest BCUT2D eigenvalue weighted by Gasteiger charge is -2.01. The Bertz CT molecular complexity index is 554. The number of carbonyl (C=O) groups is 1. The van der Waals surface area contributed by atoms with Crippen LogP contribution >= 0.6 is 0 Å². The van der Waals surface area contributed by atoms with Crippen LogP contribution in [0.1, 0.15) is 28.4 Å². The second-order valence-electron chi connectivity index (χ2n) is 4.09. The average molecular weight is 252 g/mol. The topological polar surface area (TPSA) is 26.3 Å². The molecule has 0 unspecified atom stereocenters. The van der Waals surface area contributed by atoms with Crippen LogP contribution in [0.5, 0.6) is 0 Å². The highest BCUT2D eigenvalue weighted by molar-refractivity contribution is 5.89. The number of esters is 1. The van der Waals surface area contributed by atoms with Crippen LogP contribution in [0, 0.1) is 0 Å². The zero-order valence-electron chi connectivity index (χ0n) is 10.9. The Kier molecular flexibility index (Phi) is 4.51. The minimum atomic E-state index is -0.277. The maximum atomic E-state index is 11.5. The fraction of sp³-hybridized carbons (Fsp3) is 0.118. The summed E-state index contributed by atoms with van der Waals surface area (Å²) in [5.41, 5.74) is 2.78. The summed E-state index contributed by atoms with van der Waals surface area (Å²) in [4.78, 5) is 11.5. The Morgan fingerprint density at radius 1 is 0.947 bits per heavy atom. The molecule has 0 spiro atoms. The van der Waals surface area contributed by atoms with E-state index in [1.54, 1.807) is 19.1 Å². The number of benzene rings is 2. The van der Waals surface area contributed by atoms with E-state index in [0.717, 1.165) is 11.1 Å². The van der Waals surface area contributed by atoms with Crippen LogP contribution in [-0.4, -0.2) is 12.6 Å². The van der Waals surface area contributed by atoms with E-state index in [2.05, 4.69) is 0 Å². The van der Waals surface area contributed by atoms with Crippen LogP contribution in [0.3, 0.4) is 0 Å². The summed E-state index contributed by atoms with van der Waals surface area (Å²) < 4.78 is 4.94. The Labute approximate surface area is 113 Å². The SMILES string of the molecule is CCOC(=O)c1ccc(/C=C/c2ccccc2)cc1. The van der Waals surface area contributed by atoms with Crippen LogP contribution in [-0.2, 0) is 4.74 Å². The predicted octanol–water partition coefficient (Wildman–Crippen LogP) is 4.03. The van der Waals surface area contributed by atoms with E-state index in [-0.39, 0.29) is 5.97 Å². The van der Waals surface area contributed by atoms with Gasteiger partial charge in [0.15, 0.2) is 0 Å². The molecule has 0 N–H and O–H groups in total. The van der Waals surface area contributed by atoms with Gasteiger partial charge < -0.3 is 4.74 Å². The Morgan fingerprint density at radius 3 is 2.11 bits per heavy atom. The lowest BCUT2D eigenvalue weighted by atomic mass is 10.1. The smallest absolute Gasteiger partial charge is 0.338 e. The van der Waals surface area contributed by atoms with Crippen molar-refractivity contribution in [1.29, 1.82) is 0 Å². The molecule has 19 heavy (non-hydrogen) atoms. The standard InChI is InChI=1S/C17H16O2/c1-2-19-17(18)16-12-10-15(11-13-16)9-8-14-6-4-3-5-7-14/h3-13H,2H2,1H3/b9-8+. The minimum absolute atomic E-state index is 0.277. The molecule has 2 nitrogen and oxygen atoms in total. The summed E-state index contributed by atoms with van der Waals surface area (Å²) in [5, 5.41) is 0. The van der Waals surface area contributed by atoms with Crippen molar-refractivity contribution in [2.24, 2.45) is 0 Å². The molecule has 0 bridgehead atoms. The van der Waals surface area contributed by atoms with Crippen LogP contribution in [0.2, 0.25) is 0 Å². The zero-order valence-corrected chi connectivity index (χ0v) is 10.9.